The molecule has 0 saturated carbocycles. The number of hydrogen-bond donors (Lipinski definition) is 0. The van der Waals surface area contributed by atoms with E-state index in [1.165, 1.54) is 0 Å². The molecule has 0 amide bonds. The second-order valence-corrected chi connectivity index (χ2v) is 6.85. The molecule has 140 valence electrons. The molecular formula is C25H18N2O2. The molecule has 0 aliphatic rings. The van der Waals surface area contributed by atoms with Gasteiger partial charge in [0, 0.05) is 11.1 Å². The Morgan fingerprint density at radius 2 is 1.59 bits per heavy atom. The van der Waals surface area contributed by atoms with Crippen LogP contribution in [-0.2, 0) is 11.2 Å². The predicted molar refractivity (Wildman–Crippen MR) is 115 cm³/mol. The van der Waals surface area contributed by atoms with Crippen molar-refractivity contribution in [3.8, 4) is 23.1 Å². The largest absolute Gasteiger partial charge is 0.387 e. The first-order valence-electron chi connectivity index (χ1n) is 9.40. The summed E-state index contributed by atoms with van der Waals surface area (Å²) in [6.07, 6.45) is 4.24. The molecular weight excluding hydrogens is 360 g/mol. The van der Waals surface area contributed by atoms with Gasteiger partial charge in [0.2, 0.25) is 6.08 Å². The Hall–Kier alpha value is -3.93. The summed E-state index contributed by atoms with van der Waals surface area (Å²) < 4.78 is 5.51. The third-order valence-corrected chi connectivity index (χ3v) is 5.23. The second kappa shape index (κ2) is 7.59. The van der Waals surface area contributed by atoms with Crippen LogP contribution in [-0.4, -0.2) is 6.08 Å². The molecule has 4 heteroatoms. The monoisotopic (exact) mass is 378 g/mol. The van der Waals surface area contributed by atoms with Crippen LogP contribution >= 0.6 is 0 Å². The Morgan fingerprint density at radius 3 is 2.21 bits per heavy atom. The van der Waals surface area contributed by atoms with E-state index in [2.05, 4.69) is 4.99 Å². The van der Waals surface area contributed by atoms with Crippen LogP contribution in [0, 0.1) is 18.4 Å². The van der Waals surface area contributed by atoms with Crippen molar-refractivity contribution in [2.24, 2.45) is 4.99 Å². The minimum atomic E-state index is 0.506. The highest BCUT2D eigenvalue weighted by Crippen LogP contribution is 2.48. The number of ether oxygens (including phenoxy) is 1. The summed E-state index contributed by atoms with van der Waals surface area (Å²) >= 11 is 0. The van der Waals surface area contributed by atoms with Gasteiger partial charge in [-0.05, 0) is 58.1 Å². The third kappa shape index (κ3) is 3.04. The number of hydrogen-bond acceptors (Lipinski definition) is 4. The SMILES string of the molecule is CCc1cc2ccccc2c(-c2c(N=C=O)c(C)cc3ccccc23)c1OC#N. The van der Waals surface area contributed by atoms with Crippen LogP contribution in [0.25, 0.3) is 32.7 Å². The number of fused-ring (bicyclic) bond motifs is 2. The van der Waals surface area contributed by atoms with Gasteiger partial charge in [0.25, 0.3) is 6.26 Å². The first-order chi connectivity index (χ1) is 14.2. The highest BCUT2D eigenvalue weighted by Gasteiger charge is 2.22. The lowest BCUT2D eigenvalue weighted by Crippen LogP contribution is -1.97. The van der Waals surface area contributed by atoms with Crippen molar-refractivity contribution in [1.29, 1.82) is 5.26 Å². The number of carbonyl (C=O) groups excluding carboxylic acids is 1. The van der Waals surface area contributed by atoms with Gasteiger partial charge in [0.15, 0.2) is 5.75 Å². The van der Waals surface area contributed by atoms with Crippen LogP contribution in [0.1, 0.15) is 18.1 Å². The smallest absolute Gasteiger partial charge is 0.292 e. The number of nitrogens with zero attached hydrogens (tertiary/aromatic N) is 2. The van der Waals surface area contributed by atoms with Crippen molar-refractivity contribution in [3.05, 3.63) is 71.8 Å². The molecule has 0 bridgehead atoms. The normalized spacial score (nSPS) is 10.5. The molecule has 0 spiro atoms. The van der Waals surface area contributed by atoms with Crippen LogP contribution in [0.2, 0.25) is 0 Å². The Labute approximate surface area is 168 Å². The standard InChI is InChI=1S/C25H18N2O2/c1-3-17-13-19-9-5-7-11-21(19)23(25(17)29-14-26)22-20-10-6-4-8-18(20)12-16(2)24(22)27-15-28/h4-13H,3H2,1-2H3. The Kier molecular flexibility index (Phi) is 4.83. The van der Waals surface area contributed by atoms with Crippen LogP contribution in [0.5, 0.6) is 5.75 Å². The minimum Gasteiger partial charge on any atom is -0.387 e. The third-order valence-electron chi connectivity index (χ3n) is 5.23. The lowest BCUT2D eigenvalue weighted by Gasteiger charge is -2.19. The molecule has 0 heterocycles. The van der Waals surface area contributed by atoms with Gasteiger partial charge in [-0.2, -0.15) is 4.99 Å². The lowest BCUT2D eigenvalue weighted by atomic mass is 9.88. The average molecular weight is 378 g/mol. The number of nitriles is 1. The summed E-state index contributed by atoms with van der Waals surface area (Å²) in [6, 6.07) is 20.0. The number of aliphatic imine (C=N–C) groups is 1. The van der Waals surface area contributed by atoms with Gasteiger partial charge in [-0.3, -0.25) is 0 Å². The molecule has 0 aromatic heterocycles. The number of isocyanates is 1. The van der Waals surface area contributed by atoms with Gasteiger partial charge < -0.3 is 4.74 Å². The Bertz CT molecular complexity index is 1340. The Morgan fingerprint density at radius 1 is 0.966 bits per heavy atom. The van der Waals surface area contributed by atoms with Crippen LogP contribution in [0.15, 0.2) is 65.7 Å². The molecule has 29 heavy (non-hydrogen) atoms. The minimum absolute atomic E-state index is 0.506. The molecule has 4 rings (SSSR count). The average Bonchev–Trinajstić information content (AvgIpc) is 2.74. The summed E-state index contributed by atoms with van der Waals surface area (Å²) in [5.74, 6) is 0.506. The van der Waals surface area contributed by atoms with Crippen LogP contribution in [0.4, 0.5) is 5.69 Å². The van der Waals surface area contributed by atoms with Gasteiger partial charge in [-0.1, -0.05) is 55.5 Å². The highest BCUT2D eigenvalue weighted by molar-refractivity contribution is 6.12. The summed E-state index contributed by atoms with van der Waals surface area (Å²) in [5, 5.41) is 13.3. The zero-order chi connectivity index (χ0) is 20.4. The zero-order valence-corrected chi connectivity index (χ0v) is 16.2. The molecule has 0 atom stereocenters. The fourth-order valence-corrected chi connectivity index (χ4v) is 3.98. The molecule has 0 fully saturated rings. The van der Waals surface area contributed by atoms with Crippen LogP contribution < -0.4 is 4.74 Å². The molecule has 0 saturated heterocycles. The first-order valence-corrected chi connectivity index (χ1v) is 9.40. The van der Waals surface area contributed by atoms with Gasteiger partial charge >= 0.3 is 0 Å². The molecule has 4 aromatic carbocycles. The van der Waals surface area contributed by atoms with Crippen molar-refractivity contribution in [2.75, 3.05) is 0 Å². The van der Waals surface area contributed by atoms with Crippen molar-refractivity contribution in [2.45, 2.75) is 20.3 Å². The van der Waals surface area contributed by atoms with E-state index in [0.29, 0.717) is 17.9 Å². The summed E-state index contributed by atoms with van der Waals surface area (Å²) in [6.45, 7) is 3.94. The van der Waals surface area contributed by atoms with E-state index in [0.717, 1.165) is 43.8 Å². The van der Waals surface area contributed by atoms with Crippen molar-refractivity contribution >= 4 is 33.3 Å². The van der Waals surface area contributed by atoms with E-state index in [1.54, 1.807) is 6.08 Å². The second-order valence-electron chi connectivity index (χ2n) is 6.85. The quantitative estimate of drug-likeness (QED) is 0.236. The fourth-order valence-electron chi connectivity index (χ4n) is 3.98. The van der Waals surface area contributed by atoms with E-state index in [9.17, 15) is 10.1 Å². The van der Waals surface area contributed by atoms with E-state index >= 15 is 0 Å². The summed E-state index contributed by atoms with van der Waals surface area (Å²) in [5.41, 5.74) is 3.87. The molecule has 0 aliphatic heterocycles. The first kappa shape index (κ1) is 18.4. The number of rotatable bonds is 4. The maximum Gasteiger partial charge on any atom is 0.292 e. The number of aryl methyl sites for hydroxylation is 2. The fraction of sp³-hybridized carbons (Fsp3) is 0.120. The molecule has 0 radical (unpaired) electrons. The van der Waals surface area contributed by atoms with Crippen LogP contribution in [0.3, 0.4) is 0 Å². The Balaban J connectivity index is 2.31. The van der Waals surface area contributed by atoms with E-state index in [-0.39, 0.29) is 0 Å². The van der Waals surface area contributed by atoms with Gasteiger partial charge in [-0.25, -0.2) is 4.79 Å². The van der Waals surface area contributed by atoms with E-state index in [4.69, 9.17) is 4.74 Å². The maximum absolute atomic E-state index is 11.3. The van der Waals surface area contributed by atoms with E-state index < -0.39 is 0 Å². The summed E-state index contributed by atoms with van der Waals surface area (Å²) in [7, 11) is 0. The van der Waals surface area contributed by atoms with E-state index in [1.807, 2.05) is 80.8 Å². The van der Waals surface area contributed by atoms with Gasteiger partial charge in [0.05, 0.1) is 5.69 Å². The zero-order valence-electron chi connectivity index (χ0n) is 16.2. The molecule has 0 N–H and O–H groups in total. The van der Waals surface area contributed by atoms with Gasteiger partial charge in [0.1, 0.15) is 0 Å². The molecule has 0 unspecified atom stereocenters. The maximum atomic E-state index is 11.3. The molecule has 4 nitrogen and oxygen atoms in total. The number of benzene rings is 4. The summed E-state index contributed by atoms with van der Waals surface area (Å²) in [4.78, 5) is 15.3. The van der Waals surface area contributed by atoms with Crippen molar-refractivity contribution < 1.29 is 9.53 Å². The molecule has 4 aromatic rings. The lowest BCUT2D eigenvalue weighted by molar-refractivity contribution is 0.503. The molecule has 0 aliphatic carbocycles. The predicted octanol–water partition coefficient (Wildman–Crippen LogP) is 6.36. The van der Waals surface area contributed by atoms with Gasteiger partial charge in [-0.15, -0.1) is 5.26 Å². The van der Waals surface area contributed by atoms with Crippen molar-refractivity contribution in [3.63, 3.8) is 0 Å². The topological polar surface area (TPSA) is 62.4 Å². The highest BCUT2D eigenvalue weighted by atomic mass is 16.5. The van der Waals surface area contributed by atoms with Crippen molar-refractivity contribution in [1.82, 2.24) is 0 Å².